The first-order valence-electron chi connectivity index (χ1n) is 6.75. The van der Waals surface area contributed by atoms with E-state index in [9.17, 15) is 4.79 Å². The molecule has 3 nitrogen and oxygen atoms in total. The Morgan fingerprint density at radius 3 is 2.26 bits per heavy atom. The lowest BCUT2D eigenvalue weighted by atomic mass is 9.81. The van der Waals surface area contributed by atoms with Gasteiger partial charge in [-0.3, -0.25) is 4.79 Å². The Morgan fingerprint density at radius 2 is 1.84 bits per heavy atom. The number of rotatable bonds is 6. The number of nitrogens with one attached hydrogen (secondary N) is 1. The summed E-state index contributed by atoms with van der Waals surface area (Å²) in [4.78, 5) is 12.4. The predicted octanol–water partition coefficient (Wildman–Crippen LogP) is 3.28. The summed E-state index contributed by atoms with van der Waals surface area (Å²) in [5.41, 5.74) is 6.37. The summed E-state index contributed by atoms with van der Waals surface area (Å²) >= 11 is 5.86. The highest BCUT2D eigenvalue weighted by Gasteiger charge is 2.33. The number of nitrogens with two attached hydrogens (primary N) is 1. The van der Waals surface area contributed by atoms with Crippen molar-refractivity contribution in [3.63, 3.8) is 0 Å². The first kappa shape index (κ1) is 16.0. The van der Waals surface area contributed by atoms with Crippen molar-refractivity contribution in [1.82, 2.24) is 5.32 Å². The Balaban J connectivity index is 2.78. The van der Waals surface area contributed by atoms with Crippen LogP contribution in [-0.2, 0) is 4.79 Å². The number of hydrogen-bond acceptors (Lipinski definition) is 2. The number of carbonyl (C=O) groups is 1. The van der Waals surface area contributed by atoms with Crippen LogP contribution < -0.4 is 11.1 Å². The zero-order valence-electron chi connectivity index (χ0n) is 11.9. The summed E-state index contributed by atoms with van der Waals surface area (Å²) in [5.74, 6) is 0.0300. The second-order valence-electron chi connectivity index (χ2n) is 4.94. The van der Waals surface area contributed by atoms with Crippen LogP contribution in [0.1, 0.15) is 45.2 Å². The standard InChI is InChI=1S/C15H23ClN2O/c1-4-15(5-2,10-17)14(19)18-11(3)12-6-8-13(16)9-7-12/h6-9,11H,4-5,10,17H2,1-3H3,(H,18,19)/t11-/m1/s1. The molecule has 0 aliphatic rings. The molecular weight excluding hydrogens is 260 g/mol. The van der Waals surface area contributed by atoms with Crippen LogP contribution in [0.15, 0.2) is 24.3 Å². The summed E-state index contributed by atoms with van der Waals surface area (Å²) in [6.07, 6.45) is 1.50. The van der Waals surface area contributed by atoms with E-state index in [1.807, 2.05) is 45.0 Å². The van der Waals surface area contributed by atoms with Crippen LogP contribution in [0.3, 0.4) is 0 Å². The van der Waals surface area contributed by atoms with Gasteiger partial charge in [-0.05, 0) is 37.5 Å². The maximum Gasteiger partial charge on any atom is 0.227 e. The fraction of sp³-hybridized carbons (Fsp3) is 0.533. The molecule has 3 N–H and O–H groups in total. The fourth-order valence-corrected chi connectivity index (χ4v) is 2.26. The third-order valence-electron chi connectivity index (χ3n) is 3.94. The second kappa shape index (κ2) is 6.92. The molecular formula is C15H23ClN2O. The van der Waals surface area contributed by atoms with Gasteiger partial charge in [0.2, 0.25) is 5.91 Å². The summed E-state index contributed by atoms with van der Waals surface area (Å²) in [6.45, 7) is 6.35. The quantitative estimate of drug-likeness (QED) is 0.841. The molecule has 0 heterocycles. The van der Waals surface area contributed by atoms with E-state index < -0.39 is 5.41 Å². The molecule has 0 spiro atoms. The lowest BCUT2D eigenvalue weighted by Gasteiger charge is -2.30. The molecule has 0 aliphatic carbocycles. The SMILES string of the molecule is CCC(CC)(CN)C(=O)N[C@H](C)c1ccc(Cl)cc1. The summed E-state index contributed by atoms with van der Waals surface area (Å²) < 4.78 is 0. The minimum Gasteiger partial charge on any atom is -0.349 e. The third-order valence-corrected chi connectivity index (χ3v) is 4.20. The van der Waals surface area contributed by atoms with E-state index in [2.05, 4.69) is 5.32 Å². The van der Waals surface area contributed by atoms with Gasteiger partial charge in [0.15, 0.2) is 0 Å². The smallest absolute Gasteiger partial charge is 0.227 e. The number of halogens is 1. The van der Waals surface area contributed by atoms with E-state index in [1.54, 1.807) is 0 Å². The van der Waals surface area contributed by atoms with Gasteiger partial charge in [-0.15, -0.1) is 0 Å². The van der Waals surface area contributed by atoms with Crippen molar-refractivity contribution >= 4 is 17.5 Å². The van der Waals surface area contributed by atoms with Gasteiger partial charge in [0.25, 0.3) is 0 Å². The zero-order valence-corrected chi connectivity index (χ0v) is 12.6. The second-order valence-corrected chi connectivity index (χ2v) is 5.37. The van der Waals surface area contributed by atoms with Crippen molar-refractivity contribution in [3.05, 3.63) is 34.9 Å². The third kappa shape index (κ3) is 3.71. The van der Waals surface area contributed by atoms with Gasteiger partial charge in [0, 0.05) is 11.6 Å². The molecule has 1 aromatic carbocycles. The van der Waals surface area contributed by atoms with Crippen molar-refractivity contribution in [1.29, 1.82) is 0 Å². The fourth-order valence-electron chi connectivity index (χ4n) is 2.14. The van der Waals surface area contributed by atoms with Gasteiger partial charge in [-0.2, -0.15) is 0 Å². The van der Waals surface area contributed by atoms with Gasteiger partial charge in [-0.1, -0.05) is 37.6 Å². The molecule has 1 aromatic rings. The van der Waals surface area contributed by atoms with Crippen molar-refractivity contribution < 1.29 is 4.79 Å². The molecule has 0 bridgehead atoms. The van der Waals surface area contributed by atoms with Crippen LogP contribution in [0.4, 0.5) is 0 Å². The Labute approximate surface area is 120 Å². The van der Waals surface area contributed by atoms with Crippen LogP contribution in [0, 0.1) is 5.41 Å². The van der Waals surface area contributed by atoms with E-state index in [0.29, 0.717) is 11.6 Å². The average Bonchev–Trinajstić information content (AvgIpc) is 2.42. The van der Waals surface area contributed by atoms with Crippen LogP contribution in [-0.4, -0.2) is 12.5 Å². The number of benzene rings is 1. The Bertz CT molecular complexity index is 404. The van der Waals surface area contributed by atoms with E-state index in [-0.39, 0.29) is 11.9 Å². The summed E-state index contributed by atoms with van der Waals surface area (Å²) in [6, 6.07) is 7.46. The van der Waals surface area contributed by atoms with Crippen LogP contribution in [0.5, 0.6) is 0 Å². The van der Waals surface area contributed by atoms with Gasteiger partial charge in [-0.25, -0.2) is 0 Å². The minimum absolute atomic E-state index is 0.0300. The monoisotopic (exact) mass is 282 g/mol. The molecule has 0 fully saturated rings. The van der Waals surface area contributed by atoms with Crippen molar-refractivity contribution in [3.8, 4) is 0 Å². The van der Waals surface area contributed by atoms with Gasteiger partial charge < -0.3 is 11.1 Å². The largest absolute Gasteiger partial charge is 0.349 e. The highest BCUT2D eigenvalue weighted by atomic mass is 35.5. The first-order valence-corrected chi connectivity index (χ1v) is 7.13. The minimum atomic E-state index is -0.458. The predicted molar refractivity (Wildman–Crippen MR) is 80.1 cm³/mol. The molecule has 1 amide bonds. The Morgan fingerprint density at radius 1 is 1.32 bits per heavy atom. The molecule has 19 heavy (non-hydrogen) atoms. The maximum atomic E-state index is 12.4. The van der Waals surface area contributed by atoms with E-state index in [1.165, 1.54) is 0 Å². The highest BCUT2D eigenvalue weighted by molar-refractivity contribution is 6.30. The number of hydrogen-bond donors (Lipinski definition) is 2. The van der Waals surface area contributed by atoms with Crippen molar-refractivity contribution in [2.75, 3.05) is 6.54 Å². The summed E-state index contributed by atoms with van der Waals surface area (Å²) in [7, 11) is 0. The molecule has 0 aliphatic heterocycles. The normalized spacial score (nSPS) is 13.1. The van der Waals surface area contributed by atoms with Crippen LogP contribution in [0.2, 0.25) is 5.02 Å². The topological polar surface area (TPSA) is 55.1 Å². The molecule has 0 saturated carbocycles. The molecule has 1 rings (SSSR count). The lowest BCUT2D eigenvalue weighted by Crippen LogP contribution is -2.46. The Hall–Kier alpha value is -1.06. The molecule has 106 valence electrons. The van der Waals surface area contributed by atoms with E-state index in [4.69, 9.17) is 17.3 Å². The molecule has 0 radical (unpaired) electrons. The summed E-state index contributed by atoms with van der Waals surface area (Å²) in [5, 5.41) is 3.74. The van der Waals surface area contributed by atoms with Gasteiger partial charge >= 0.3 is 0 Å². The molecule has 4 heteroatoms. The molecule has 0 unspecified atom stereocenters. The first-order chi connectivity index (χ1) is 8.99. The maximum absolute atomic E-state index is 12.4. The highest BCUT2D eigenvalue weighted by Crippen LogP contribution is 2.26. The Kier molecular flexibility index (Phi) is 5.83. The lowest BCUT2D eigenvalue weighted by molar-refractivity contribution is -0.131. The van der Waals surface area contributed by atoms with Crippen LogP contribution in [0.25, 0.3) is 0 Å². The van der Waals surface area contributed by atoms with E-state index in [0.717, 1.165) is 18.4 Å². The molecule has 1 atom stereocenters. The van der Waals surface area contributed by atoms with Crippen molar-refractivity contribution in [2.45, 2.75) is 39.7 Å². The molecule has 0 saturated heterocycles. The van der Waals surface area contributed by atoms with E-state index >= 15 is 0 Å². The van der Waals surface area contributed by atoms with Crippen molar-refractivity contribution in [2.24, 2.45) is 11.1 Å². The number of carbonyl (C=O) groups excluding carboxylic acids is 1. The van der Waals surface area contributed by atoms with Gasteiger partial charge in [0.1, 0.15) is 0 Å². The molecule has 0 aromatic heterocycles. The number of amides is 1. The average molecular weight is 283 g/mol. The van der Waals surface area contributed by atoms with Gasteiger partial charge in [0.05, 0.1) is 11.5 Å². The van der Waals surface area contributed by atoms with Crippen LogP contribution >= 0.6 is 11.6 Å². The zero-order chi connectivity index (χ0) is 14.5.